The van der Waals surface area contributed by atoms with Crippen LogP contribution in [0.15, 0.2) is 41.2 Å². The molecule has 3 aliphatic rings. The summed E-state index contributed by atoms with van der Waals surface area (Å²) in [7, 11) is 0. The number of nitrogens with zero attached hydrogens (tertiary/aromatic N) is 2. The lowest BCUT2D eigenvalue weighted by molar-refractivity contribution is -0.153. The smallest absolute Gasteiger partial charge is 0.345 e. The van der Waals surface area contributed by atoms with Crippen molar-refractivity contribution in [2.45, 2.75) is 18.8 Å². The van der Waals surface area contributed by atoms with Crippen LogP contribution in [0.2, 0.25) is 0 Å². The molecule has 25 heavy (non-hydrogen) atoms. The van der Waals surface area contributed by atoms with Crippen LogP contribution in [-0.4, -0.2) is 22.1 Å². The number of esters is 1. The van der Waals surface area contributed by atoms with E-state index < -0.39 is 11.6 Å². The van der Waals surface area contributed by atoms with E-state index in [1.807, 2.05) is 30.3 Å². The maximum atomic E-state index is 13.0. The maximum Gasteiger partial charge on any atom is 0.345 e. The van der Waals surface area contributed by atoms with Gasteiger partial charge in [-0.1, -0.05) is 18.2 Å². The van der Waals surface area contributed by atoms with Gasteiger partial charge in [-0.25, -0.2) is 9.78 Å². The minimum atomic E-state index is -1.08. The van der Waals surface area contributed by atoms with Crippen molar-refractivity contribution in [1.82, 2.24) is 9.55 Å². The lowest BCUT2D eigenvalue weighted by Gasteiger charge is -2.22. The Kier molecular flexibility index (Phi) is 2.21. The molecule has 5 heterocycles. The van der Waals surface area contributed by atoms with Gasteiger partial charge in [0.2, 0.25) is 5.60 Å². The largest absolute Gasteiger partial charge is 0.458 e. The van der Waals surface area contributed by atoms with Gasteiger partial charge in [0.25, 0.3) is 5.56 Å². The Morgan fingerprint density at radius 1 is 1.16 bits per heavy atom. The summed E-state index contributed by atoms with van der Waals surface area (Å²) in [5, 5.41) is 1.05. The van der Waals surface area contributed by atoms with Crippen molar-refractivity contribution in [2.75, 3.05) is 6.61 Å². The Morgan fingerprint density at radius 3 is 2.84 bits per heavy atom. The summed E-state index contributed by atoms with van der Waals surface area (Å²) < 4.78 is 12.3. The van der Waals surface area contributed by atoms with Crippen LogP contribution in [0.5, 0.6) is 0 Å². The van der Waals surface area contributed by atoms with Gasteiger partial charge in [-0.2, -0.15) is 0 Å². The van der Waals surface area contributed by atoms with Crippen LogP contribution in [-0.2, 0) is 33.0 Å². The zero-order valence-corrected chi connectivity index (χ0v) is 13.1. The first kappa shape index (κ1) is 13.3. The summed E-state index contributed by atoms with van der Waals surface area (Å²) in [6, 6.07) is 11.8. The van der Waals surface area contributed by atoms with E-state index in [1.54, 1.807) is 4.57 Å². The predicted octanol–water partition coefficient (Wildman–Crippen LogP) is 1.71. The second-order valence-electron chi connectivity index (χ2n) is 6.69. The summed E-state index contributed by atoms with van der Waals surface area (Å²) in [5.41, 5.74) is 3.38. The number of cyclic esters (lactones) is 1. The van der Waals surface area contributed by atoms with Crippen LogP contribution < -0.4 is 5.56 Å². The van der Waals surface area contributed by atoms with Crippen molar-refractivity contribution >= 4 is 16.9 Å². The van der Waals surface area contributed by atoms with Crippen molar-refractivity contribution < 1.29 is 14.3 Å². The normalized spacial score (nSPS) is 22.5. The third kappa shape index (κ3) is 1.55. The van der Waals surface area contributed by atoms with Gasteiger partial charge < -0.3 is 14.0 Å². The number of hydrogen-bond acceptors (Lipinski definition) is 5. The number of carbonyl (C=O) groups is 1. The fourth-order valence-corrected chi connectivity index (χ4v) is 3.92. The van der Waals surface area contributed by atoms with Crippen molar-refractivity contribution in [1.29, 1.82) is 0 Å². The SMILES string of the molecule is O=C1OCc2c(cc3n(c2=O)Cc2cc4ccccc4nc2-3)[C@@]12CO2. The van der Waals surface area contributed by atoms with Crippen LogP contribution in [0, 0.1) is 0 Å². The van der Waals surface area contributed by atoms with Gasteiger partial charge in [0.1, 0.15) is 6.61 Å². The Bertz CT molecular complexity index is 1170. The molecule has 1 fully saturated rings. The highest BCUT2D eigenvalue weighted by Crippen LogP contribution is 2.45. The molecule has 0 N–H and O–H groups in total. The lowest BCUT2D eigenvalue weighted by Crippen LogP contribution is -2.37. The highest BCUT2D eigenvalue weighted by molar-refractivity contribution is 5.88. The average molecular weight is 332 g/mol. The molecule has 1 saturated heterocycles. The topological polar surface area (TPSA) is 73.7 Å². The number of aromatic nitrogens is 2. The molecule has 3 aliphatic heterocycles. The highest BCUT2D eigenvalue weighted by atomic mass is 16.6. The zero-order valence-electron chi connectivity index (χ0n) is 13.1. The number of para-hydroxylation sites is 1. The van der Waals surface area contributed by atoms with Crippen molar-refractivity contribution in [3.05, 3.63) is 63.4 Å². The first-order chi connectivity index (χ1) is 12.2. The fraction of sp³-hybridized carbons (Fsp3) is 0.211. The van der Waals surface area contributed by atoms with Crippen LogP contribution in [0.3, 0.4) is 0 Å². The molecule has 0 unspecified atom stereocenters. The monoisotopic (exact) mass is 332 g/mol. The number of fused-ring (bicyclic) bond motifs is 6. The number of benzene rings is 1. The zero-order chi connectivity index (χ0) is 16.8. The molecule has 3 aromatic rings. The van der Waals surface area contributed by atoms with Gasteiger partial charge >= 0.3 is 5.97 Å². The summed E-state index contributed by atoms with van der Waals surface area (Å²) >= 11 is 0. The Morgan fingerprint density at radius 2 is 2.00 bits per heavy atom. The molecular weight excluding hydrogens is 320 g/mol. The number of carbonyl (C=O) groups excluding carboxylic acids is 1. The van der Waals surface area contributed by atoms with Gasteiger partial charge in [0.15, 0.2) is 0 Å². The summed E-state index contributed by atoms with van der Waals surface area (Å²) in [5.74, 6) is -0.408. The maximum absolute atomic E-state index is 13.0. The van der Waals surface area contributed by atoms with Crippen molar-refractivity contribution in [3.8, 4) is 11.4 Å². The highest BCUT2D eigenvalue weighted by Gasteiger charge is 2.59. The van der Waals surface area contributed by atoms with Crippen LogP contribution in [0.4, 0.5) is 0 Å². The summed E-state index contributed by atoms with van der Waals surface area (Å²) in [6.07, 6.45) is 0. The quantitative estimate of drug-likeness (QED) is 0.362. The molecule has 0 aliphatic carbocycles. The van der Waals surface area contributed by atoms with E-state index in [4.69, 9.17) is 14.5 Å². The Hall–Kier alpha value is -2.99. The van der Waals surface area contributed by atoms with Gasteiger partial charge in [0, 0.05) is 16.5 Å². The molecule has 2 aromatic heterocycles. The third-order valence-corrected chi connectivity index (χ3v) is 5.32. The Labute approximate surface area is 141 Å². The third-order valence-electron chi connectivity index (χ3n) is 5.32. The number of ether oxygens (including phenoxy) is 2. The fourth-order valence-electron chi connectivity index (χ4n) is 3.92. The van der Waals surface area contributed by atoms with Crippen LogP contribution >= 0.6 is 0 Å². The standard InChI is InChI=1S/C19H12N2O4/c22-17-12-8-24-18(23)19(9-25-19)13(12)6-15-16-11(7-21(15)17)5-10-3-1-2-4-14(10)20-16/h1-6H,7-9H2/t19-/m0/s1. The van der Waals surface area contributed by atoms with E-state index in [9.17, 15) is 9.59 Å². The molecule has 6 rings (SSSR count). The minimum absolute atomic E-state index is 0.00411. The number of rotatable bonds is 0. The Balaban J connectivity index is 1.66. The molecule has 6 nitrogen and oxygen atoms in total. The van der Waals surface area contributed by atoms with E-state index >= 15 is 0 Å². The van der Waals surface area contributed by atoms with Gasteiger partial charge in [-0.15, -0.1) is 0 Å². The lowest BCUT2D eigenvalue weighted by atomic mass is 9.93. The van der Waals surface area contributed by atoms with E-state index in [-0.39, 0.29) is 18.8 Å². The number of epoxide rings is 1. The van der Waals surface area contributed by atoms with Gasteiger partial charge in [-0.05, 0) is 18.2 Å². The van der Waals surface area contributed by atoms with Gasteiger partial charge in [-0.3, -0.25) is 4.79 Å². The van der Waals surface area contributed by atoms with Crippen LogP contribution in [0.1, 0.15) is 16.7 Å². The molecule has 0 amide bonds. The molecular formula is C19H12N2O4. The number of pyridine rings is 2. The molecule has 1 spiro atoms. The minimum Gasteiger partial charge on any atom is -0.458 e. The first-order valence-electron chi connectivity index (χ1n) is 8.15. The number of hydrogen-bond donors (Lipinski definition) is 0. The average Bonchev–Trinajstić information content (AvgIpc) is 3.34. The molecule has 0 radical (unpaired) electrons. The molecule has 0 saturated carbocycles. The van der Waals surface area contributed by atoms with E-state index in [0.717, 1.165) is 27.9 Å². The molecule has 1 aromatic carbocycles. The van der Waals surface area contributed by atoms with Crippen molar-refractivity contribution in [3.63, 3.8) is 0 Å². The molecule has 122 valence electrons. The summed E-state index contributed by atoms with van der Waals surface area (Å²) in [6.45, 7) is 0.750. The molecule has 0 bridgehead atoms. The van der Waals surface area contributed by atoms with Gasteiger partial charge in [0.05, 0.1) is 35.6 Å². The van der Waals surface area contributed by atoms with Crippen LogP contribution in [0.25, 0.3) is 22.3 Å². The van der Waals surface area contributed by atoms with E-state index in [2.05, 4.69) is 6.07 Å². The molecule has 1 atom stereocenters. The second-order valence-corrected chi connectivity index (χ2v) is 6.69. The first-order valence-corrected chi connectivity index (χ1v) is 8.15. The predicted molar refractivity (Wildman–Crippen MR) is 88.0 cm³/mol. The van der Waals surface area contributed by atoms with Crippen molar-refractivity contribution in [2.24, 2.45) is 0 Å². The molecule has 6 heteroatoms. The summed E-state index contributed by atoms with van der Waals surface area (Å²) in [4.78, 5) is 29.8. The second kappa shape index (κ2) is 4.15. The van der Waals surface area contributed by atoms with E-state index in [1.165, 1.54) is 0 Å². The van der Waals surface area contributed by atoms with E-state index in [0.29, 0.717) is 17.7 Å².